The molecule has 0 radical (unpaired) electrons. The Labute approximate surface area is 257 Å². The third-order valence-corrected chi connectivity index (χ3v) is 7.98. The van der Waals surface area contributed by atoms with Crippen molar-refractivity contribution in [3.8, 4) is 0 Å². The highest BCUT2D eigenvalue weighted by Gasteiger charge is 2.29. The van der Waals surface area contributed by atoms with Gasteiger partial charge in [-0.05, 0) is 86.7 Å². The summed E-state index contributed by atoms with van der Waals surface area (Å²) in [7, 11) is 0. The van der Waals surface area contributed by atoms with E-state index in [1.54, 1.807) is 24.4 Å². The fourth-order valence-corrected chi connectivity index (χ4v) is 5.72. The number of piperidine rings is 1. The first-order valence-electron chi connectivity index (χ1n) is 15.2. The molecule has 1 amide bonds. The Balaban J connectivity index is 0.000000418. The van der Waals surface area contributed by atoms with Crippen LogP contribution in [0.3, 0.4) is 0 Å². The smallest absolute Gasteiger partial charge is 0.254 e. The number of aromatic nitrogens is 3. The maximum Gasteiger partial charge on any atom is 0.254 e. The Morgan fingerprint density at radius 3 is 2.34 bits per heavy atom. The van der Waals surface area contributed by atoms with Gasteiger partial charge in [-0.2, -0.15) is 0 Å². The zero-order chi connectivity index (χ0) is 31.1. The third kappa shape index (κ3) is 7.28. The molecule has 6 rings (SSSR count). The summed E-state index contributed by atoms with van der Waals surface area (Å²) in [6, 6.07) is 23.2. The second-order valence-corrected chi connectivity index (χ2v) is 11.2. The quantitative estimate of drug-likeness (QED) is 0.199. The molecular formula is C37H38F2N4O. The number of imidazole rings is 1. The number of amides is 1. The second kappa shape index (κ2) is 14.2. The number of likely N-dealkylation sites (tertiary alicyclic amines) is 1. The van der Waals surface area contributed by atoms with Crippen LogP contribution in [0.1, 0.15) is 70.7 Å². The van der Waals surface area contributed by atoms with E-state index in [1.165, 1.54) is 18.2 Å². The van der Waals surface area contributed by atoms with Crippen LogP contribution in [0.5, 0.6) is 0 Å². The average Bonchev–Trinajstić information content (AvgIpc) is 3.38. The fourth-order valence-electron chi connectivity index (χ4n) is 5.72. The van der Waals surface area contributed by atoms with Crippen molar-refractivity contribution in [1.82, 2.24) is 19.4 Å². The maximum atomic E-state index is 13.9. The lowest BCUT2D eigenvalue weighted by Gasteiger charge is -2.32. The first-order chi connectivity index (χ1) is 21.3. The topological polar surface area (TPSA) is 51.0 Å². The number of aryl methyl sites for hydroxylation is 2. The van der Waals surface area contributed by atoms with E-state index in [0.29, 0.717) is 25.2 Å². The summed E-state index contributed by atoms with van der Waals surface area (Å²) < 4.78 is 28.3. The molecule has 1 saturated heterocycles. The number of para-hydroxylation sites is 2. The molecule has 0 atom stereocenters. The van der Waals surface area contributed by atoms with E-state index in [-0.39, 0.29) is 23.5 Å². The molecule has 5 aromatic rings. The molecule has 1 aliphatic rings. The van der Waals surface area contributed by atoms with Gasteiger partial charge in [0, 0.05) is 43.0 Å². The van der Waals surface area contributed by atoms with E-state index in [2.05, 4.69) is 28.6 Å². The van der Waals surface area contributed by atoms with E-state index in [9.17, 15) is 13.6 Å². The lowest BCUT2D eigenvalue weighted by Crippen LogP contribution is -2.38. The van der Waals surface area contributed by atoms with Crippen LogP contribution in [-0.4, -0.2) is 38.4 Å². The van der Waals surface area contributed by atoms with Gasteiger partial charge in [0.25, 0.3) is 5.91 Å². The first-order valence-corrected chi connectivity index (χ1v) is 15.2. The SMILES string of the molecule is CC/C=C\c1c(C(=O)N2CCC(c3nc4ccccc4n3Cc3cccc(F)c3)CC2)ccnc1C.Cc1cccc(F)c1. The highest BCUT2D eigenvalue weighted by Crippen LogP contribution is 2.32. The minimum atomic E-state index is -0.232. The Hall–Kier alpha value is -4.65. The molecule has 44 heavy (non-hydrogen) atoms. The summed E-state index contributed by atoms with van der Waals surface area (Å²) >= 11 is 0. The number of hydrogen-bond acceptors (Lipinski definition) is 3. The highest BCUT2D eigenvalue weighted by molar-refractivity contribution is 5.98. The summed E-state index contributed by atoms with van der Waals surface area (Å²) in [6.07, 6.45) is 8.37. The number of nitrogens with zero attached hydrogens (tertiary/aromatic N) is 4. The largest absolute Gasteiger partial charge is 0.339 e. The zero-order valence-electron chi connectivity index (χ0n) is 25.5. The Morgan fingerprint density at radius 2 is 1.66 bits per heavy atom. The zero-order valence-corrected chi connectivity index (χ0v) is 25.5. The summed E-state index contributed by atoms with van der Waals surface area (Å²) in [5.41, 5.74) is 6.36. The third-order valence-electron chi connectivity index (χ3n) is 7.98. The van der Waals surface area contributed by atoms with Gasteiger partial charge in [-0.3, -0.25) is 9.78 Å². The number of allylic oxidation sites excluding steroid dienone is 1. The molecule has 0 bridgehead atoms. The van der Waals surface area contributed by atoms with E-state index in [4.69, 9.17) is 4.98 Å². The van der Waals surface area contributed by atoms with Gasteiger partial charge < -0.3 is 9.47 Å². The van der Waals surface area contributed by atoms with Crippen molar-refractivity contribution in [1.29, 1.82) is 0 Å². The van der Waals surface area contributed by atoms with Crippen LogP contribution in [0.15, 0.2) is 91.1 Å². The van der Waals surface area contributed by atoms with Crippen LogP contribution in [0.4, 0.5) is 8.78 Å². The number of carbonyl (C=O) groups excluding carboxylic acids is 1. The normalized spacial score (nSPS) is 13.7. The predicted octanol–water partition coefficient (Wildman–Crippen LogP) is 8.50. The minimum absolute atomic E-state index is 0.0583. The fraction of sp³-hybridized carbons (Fsp3) is 0.270. The number of benzene rings is 3. The number of rotatable bonds is 6. The highest BCUT2D eigenvalue weighted by atomic mass is 19.1. The van der Waals surface area contributed by atoms with E-state index < -0.39 is 0 Å². The molecule has 7 heteroatoms. The predicted molar refractivity (Wildman–Crippen MR) is 173 cm³/mol. The monoisotopic (exact) mass is 592 g/mol. The molecule has 1 fully saturated rings. The van der Waals surface area contributed by atoms with Crippen LogP contribution in [0.2, 0.25) is 0 Å². The number of fused-ring (bicyclic) bond motifs is 1. The molecule has 3 heterocycles. The van der Waals surface area contributed by atoms with Crippen LogP contribution < -0.4 is 0 Å². The molecule has 1 aliphatic heterocycles. The Bertz CT molecular complexity index is 1750. The van der Waals surface area contributed by atoms with E-state index in [1.807, 2.05) is 61.2 Å². The number of pyridine rings is 1. The molecule has 0 N–H and O–H groups in total. The van der Waals surface area contributed by atoms with E-state index in [0.717, 1.165) is 58.5 Å². The molecular weight excluding hydrogens is 554 g/mol. The number of carbonyl (C=O) groups is 1. The molecule has 226 valence electrons. The van der Waals surface area contributed by atoms with Gasteiger partial charge in [-0.1, -0.05) is 55.5 Å². The summed E-state index contributed by atoms with van der Waals surface area (Å²) in [6.45, 7) is 7.80. The van der Waals surface area contributed by atoms with E-state index >= 15 is 0 Å². The molecule has 0 unspecified atom stereocenters. The molecule has 0 saturated carbocycles. The molecule has 0 aliphatic carbocycles. The summed E-state index contributed by atoms with van der Waals surface area (Å²) in [5.74, 6) is 0.908. The minimum Gasteiger partial charge on any atom is -0.339 e. The number of hydrogen-bond donors (Lipinski definition) is 0. The lowest BCUT2D eigenvalue weighted by molar-refractivity contribution is 0.0710. The molecule has 3 aromatic carbocycles. The Kier molecular flexibility index (Phi) is 9.95. The molecule has 2 aromatic heterocycles. The van der Waals surface area contributed by atoms with Crippen LogP contribution >= 0.6 is 0 Å². The first kappa shape index (κ1) is 30.8. The van der Waals surface area contributed by atoms with Crippen molar-refractivity contribution in [3.05, 3.63) is 137 Å². The lowest BCUT2D eigenvalue weighted by atomic mass is 9.94. The van der Waals surface area contributed by atoms with Gasteiger partial charge in [-0.15, -0.1) is 0 Å². The summed E-state index contributed by atoms with van der Waals surface area (Å²) in [5, 5.41) is 0. The van der Waals surface area contributed by atoms with Gasteiger partial charge >= 0.3 is 0 Å². The second-order valence-electron chi connectivity index (χ2n) is 11.2. The van der Waals surface area contributed by atoms with Crippen molar-refractivity contribution in [2.45, 2.75) is 52.5 Å². The molecule has 5 nitrogen and oxygen atoms in total. The van der Waals surface area contributed by atoms with Crippen LogP contribution in [0.25, 0.3) is 17.1 Å². The van der Waals surface area contributed by atoms with Crippen molar-refractivity contribution >= 4 is 23.0 Å². The van der Waals surface area contributed by atoms with Crippen LogP contribution in [-0.2, 0) is 6.54 Å². The van der Waals surface area contributed by atoms with Gasteiger partial charge in [0.1, 0.15) is 17.5 Å². The summed E-state index contributed by atoms with van der Waals surface area (Å²) in [4.78, 5) is 24.8. The average molecular weight is 593 g/mol. The maximum absolute atomic E-state index is 13.9. The van der Waals surface area contributed by atoms with Crippen molar-refractivity contribution in [2.24, 2.45) is 0 Å². The standard InChI is InChI=1S/C30H31FN4O.C7H7F/c1-3-4-10-25-21(2)32-16-13-26(25)30(36)34-17-14-23(15-18-34)29-33-27-11-5-6-12-28(27)35(29)20-22-8-7-9-24(31)19-22;1-6-3-2-4-7(8)5-6/h4-13,16,19,23H,3,14-15,17-18,20H2,1-2H3;2-5H,1H3/b10-4-;. The van der Waals surface area contributed by atoms with Crippen molar-refractivity contribution < 1.29 is 13.6 Å². The van der Waals surface area contributed by atoms with Gasteiger partial charge in [0.15, 0.2) is 0 Å². The number of halogens is 2. The van der Waals surface area contributed by atoms with Crippen LogP contribution in [0, 0.1) is 25.5 Å². The van der Waals surface area contributed by atoms with Gasteiger partial charge in [-0.25, -0.2) is 13.8 Å². The van der Waals surface area contributed by atoms with Crippen molar-refractivity contribution in [2.75, 3.05) is 13.1 Å². The van der Waals surface area contributed by atoms with Gasteiger partial charge in [0.2, 0.25) is 0 Å². The molecule has 0 spiro atoms. The van der Waals surface area contributed by atoms with Crippen molar-refractivity contribution in [3.63, 3.8) is 0 Å². The van der Waals surface area contributed by atoms with Gasteiger partial charge in [0.05, 0.1) is 16.6 Å². The Morgan fingerprint density at radius 1 is 0.932 bits per heavy atom.